The molecule has 1 aromatic rings. The molecule has 0 radical (unpaired) electrons. The van der Waals surface area contributed by atoms with E-state index in [0.717, 1.165) is 12.1 Å². The number of amides is 1. The maximum absolute atomic E-state index is 12.1. The largest absolute Gasteiger partial charge is 0.495 e. The third-order valence-corrected chi connectivity index (χ3v) is 3.20. The summed E-state index contributed by atoms with van der Waals surface area (Å²) in [7, 11) is 1.61. The summed E-state index contributed by atoms with van der Waals surface area (Å²) in [5.41, 5.74) is 0.525. The second kappa shape index (κ2) is 6.30. The minimum atomic E-state index is -0.477. The normalized spacial score (nSPS) is 19.2. The molecule has 2 heterocycles. The van der Waals surface area contributed by atoms with Crippen LogP contribution in [0.25, 0.3) is 0 Å². The molecule has 1 amide bonds. The third kappa shape index (κ3) is 4.32. The number of nitrogens with zero attached hydrogens (tertiary/aromatic N) is 2. The molecule has 0 bridgehead atoms. The lowest BCUT2D eigenvalue weighted by Crippen LogP contribution is -2.49. The van der Waals surface area contributed by atoms with Crippen molar-refractivity contribution < 1.29 is 14.3 Å². The Morgan fingerprint density at radius 2 is 2.19 bits per heavy atom. The Morgan fingerprint density at radius 1 is 1.43 bits per heavy atom. The van der Waals surface area contributed by atoms with Crippen molar-refractivity contribution in [2.75, 3.05) is 26.7 Å². The first-order valence-electron chi connectivity index (χ1n) is 7.09. The van der Waals surface area contributed by atoms with E-state index in [1.807, 2.05) is 26.8 Å². The van der Waals surface area contributed by atoms with Gasteiger partial charge >= 0.3 is 6.09 Å². The highest BCUT2D eigenvalue weighted by atomic mass is 16.6. The number of nitrogens with one attached hydrogen (secondary N) is 1. The molecule has 0 saturated carbocycles. The fourth-order valence-electron chi connectivity index (χ4n) is 2.20. The monoisotopic (exact) mass is 293 g/mol. The molecule has 0 aliphatic carbocycles. The molecule has 2 rings (SSSR count). The van der Waals surface area contributed by atoms with E-state index in [4.69, 9.17) is 9.47 Å². The molecule has 1 aliphatic rings. The highest BCUT2D eigenvalue weighted by molar-refractivity contribution is 5.68. The predicted octanol–water partition coefficient (Wildman–Crippen LogP) is 1.97. The Hall–Kier alpha value is -1.82. The van der Waals surface area contributed by atoms with Gasteiger partial charge in [0, 0.05) is 25.8 Å². The van der Waals surface area contributed by atoms with Crippen molar-refractivity contribution in [3.05, 3.63) is 24.0 Å². The van der Waals surface area contributed by atoms with Gasteiger partial charge in [-0.1, -0.05) is 0 Å². The lowest BCUT2D eigenvalue weighted by atomic mass is 10.1. The van der Waals surface area contributed by atoms with Crippen LogP contribution >= 0.6 is 0 Å². The Labute approximate surface area is 125 Å². The number of aromatic nitrogens is 1. The Morgan fingerprint density at radius 3 is 2.86 bits per heavy atom. The smallest absolute Gasteiger partial charge is 0.410 e. The molecule has 1 unspecified atom stereocenters. The number of pyridine rings is 1. The summed E-state index contributed by atoms with van der Waals surface area (Å²) >= 11 is 0. The molecule has 1 saturated heterocycles. The minimum absolute atomic E-state index is 0.0360. The van der Waals surface area contributed by atoms with E-state index < -0.39 is 5.60 Å². The number of rotatable bonds is 2. The molecular formula is C15H23N3O3. The van der Waals surface area contributed by atoms with Crippen LogP contribution in [0.3, 0.4) is 0 Å². The van der Waals surface area contributed by atoms with Crippen LogP contribution in [0.1, 0.15) is 32.4 Å². The van der Waals surface area contributed by atoms with E-state index in [0.29, 0.717) is 18.8 Å². The second-order valence-electron chi connectivity index (χ2n) is 6.09. The molecule has 1 fully saturated rings. The van der Waals surface area contributed by atoms with E-state index in [1.165, 1.54) is 0 Å². The van der Waals surface area contributed by atoms with Crippen LogP contribution in [0.5, 0.6) is 5.75 Å². The van der Waals surface area contributed by atoms with Gasteiger partial charge in [0.1, 0.15) is 11.4 Å². The first kappa shape index (κ1) is 15.6. The molecule has 0 spiro atoms. The summed E-state index contributed by atoms with van der Waals surface area (Å²) in [6, 6.07) is 1.97. The molecule has 21 heavy (non-hydrogen) atoms. The molecule has 1 N–H and O–H groups in total. The molecule has 1 atom stereocenters. The summed E-state index contributed by atoms with van der Waals surface area (Å²) in [5, 5.41) is 3.39. The van der Waals surface area contributed by atoms with Crippen molar-refractivity contribution >= 4 is 6.09 Å². The zero-order valence-corrected chi connectivity index (χ0v) is 13.0. The third-order valence-electron chi connectivity index (χ3n) is 3.20. The zero-order valence-electron chi connectivity index (χ0n) is 13.0. The van der Waals surface area contributed by atoms with Crippen LogP contribution in [0, 0.1) is 0 Å². The lowest BCUT2D eigenvalue weighted by molar-refractivity contribution is 0.0195. The van der Waals surface area contributed by atoms with Gasteiger partial charge < -0.3 is 19.7 Å². The number of piperazine rings is 1. The van der Waals surface area contributed by atoms with Crippen LogP contribution in [0.2, 0.25) is 0 Å². The van der Waals surface area contributed by atoms with Gasteiger partial charge in [-0.15, -0.1) is 0 Å². The molecule has 1 aliphatic heterocycles. The van der Waals surface area contributed by atoms with Crippen molar-refractivity contribution in [2.45, 2.75) is 32.4 Å². The topological polar surface area (TPSA) is 63.7 Å². The summed E-state index contributed by atoms with van der Waals surface area (Å²) in [6.45, 7) is 7.54. The minimum Gasteiger partial charge on any atom is -0.495 e. The van der Waals surface area contributed by atoms with Gasteiger partial charge in [-0.05, 0) is 32.4 Å². The first-order valence-corrected chi connectivity index (χ1v) is 7.09. The van der Waals surface area contributed by atoms with E-state index in [-0.39, 0.29) is 12.1 Å². The van der Waals surface area contributed by atoms with Gasteiger partial charge in [0.15, 0.2) is 0 Å². The fraction of sp³-hybridized carbons (Fsp3) is 0.600. The van der Waals surface area contributed by atoms with Crippen LogP contribution in [-0.2, 0) is 4.74 Å². The number of ether oxygens (including phenoxy) is 2. The van der Waals surface area contributed by atoms with Gasteiger partial charge in [-0.25, -0.2) is 4.79 Å². The average molecular weight is 293 g/mol. The average Bonchev–Trinajstić information content (AvgIpc) is 2.46. The van der Waals surface area contributed by atoms with Gasteiger partial charge in [-0.2, -0.15) is 0 Å². The quantitative estimate of drug-likeness (QED) is 0.903. The SMILES string of the molecule is COc1cncc(C2CN(C(=O)OC(C)(C)C)CCN2)c1. The van der Waals surface area contributed by atoms with Gasteiger partial charge in [-0.3, -0.25) is 4.98 Å². The van der Waals surface area contributed by atoms with Crippen molar-refractivity contribution in [1.29, 1.82) is 0 Å². The molecule has 6 heteroatoms. The van der Waals surface area contributed by atoms with Crippen molar-refractivity contribution in [2.24, 2.45) is 0 Å². The van der Waals surface area contributed by atoms with E-state index in [1.54, 1.807) is 24.4 Å². The highest BCUT2D eigenvalue weighted by Crippen LogP contribution is 2.21. The maximum atomic E-state index is 12.1. The molecule has 1 aromatic heterocycles. The summed E-state index contributed by atoms with van der Waals surface area (Å²) in [6.07, 6.45) is 3.18. The van der Waals surface area contributed by atoms with Gasteiger partial charge in [0.05, 0.1) is 19.3 Å². The van der Waals surface area contributed by atoms with Crippen molar-refractivity contribution in [3.8, 4) is 5.75 Å². The van der Waals surface area contributed by atoms with E-state index in [9.17, 15) is 4.79 Å². The fourth-order valence-corrected chi connectivity index (χ4v) is 2.20. The van der Waals surface area contributed by atoms with Gasteiger partial charge in [0.25, 0.3) is 0 Å². The first-order chi connectivity index (χ1) is 9.89. The predicted molar refractivity (Wildman–Crippen MR) is 79.3 cm³/mol. The number of carbonyl (C=O) groups is 1. The molecule has 6 nitrogen and oxygen atoms in total. The summed E-state index contributed by atoms with van der Waals surface area (Å²) in [5.74, 6) is 0.712. The molecule has 0 aromatic carbocycles. The summed E-state index contributed by atoms with van der Waals surface area (Å²) in [4.78, 5) is 18.0. The van der Waals surface area contributed by atoms with Crippen LogP contribution in [0.15, 0.2) is 18.5 Å². The van der Waals surface area contributed by atoms with E-state index in [2.05, 4.69) is 10.3 Å². The highest BCUT2D eigenvalue weighted by Gasteiger charge is 2.28. The standard InChI is InChI=1S/C15H23N3O3/c1-15(2,3)21-14(19)18-6-5-17-13(10-18)11-7-12(20-4)9-16-8-11/h7-9,13,17H,5-6,10H2,1-4H3. The van der Waals surface area contributed by atoms with Crippen LogP contribution in [0.4, 0.5) is 4.79 Å². The zero-order chi connectivity index (χ0) is 15.5. The van der Waals surface area contributed by atoms with Crippen LogP contribution < -0.4 is 10.1 Å². The second-order valence-corrected chi connectivity index (χ2v) is 6.09. The molecule has 116 valence electrons. The van der Waals surface area contributed by atoms with Crippen LogP contribution in [-0.4, -0.2) is 48.3 Å². The Balaban J connectivity index is 2.04. The Bertz CT molecular complexity index is 499. The van der Waals surface area contributed by atoms with Crippen molar-refractivity contribution in [1.82, 2.24) is 15.2 Å². The lowest BCUT2D eigenvalue weighted by Gasteiger charge is -2.35. The van der Waals surface area contributed by atoms with Gasteiger partial charge in [0.2, 0.25) is 0 Å². The number of hydrogen-bond donors (Lipinski definition) is 1. The maximum Gasteiger partial charge on any atom is 0.410 e. The number of hydrogen-bond acceptors (Lipinski definition) is 5. The number of methoxy groups -OCH3 is 1. The van der Waals surface area contributed by atoms with E-state index >= 15 is 0 Å². The Kier molecular flexibility index (Phi) is 4.67. The summed E-state index contributed by atoms with van der Waals surface area (Å²) < 4.78 is 10.6. The molecular weight excluding hydrogens is 270 g/mol. The number of carbonyl (C=O) groups excluding carboxylic acids is 1. The van der Waals surface area contributed by atoms with Crippen molar-refractivity contribution in [3.63, 3.8) is 0 Å².